The molecule has 2 aromatic carbocycles. The Balaban J connectivity index is 0.000000360. The normalized spacial score (nSPS) is 10.8. The van der Waals surface area contributed by atoms with Gasteiger partial charge in [-0.25, -0.2) is 0 Å². The molecule has 0 fully saturated rings. The number of aromatic hydroxyl groups is 1. The van der Waals surface area contributed by atoms with E-state index in [0.717, 1.165) is 37.0 Å². The van der Waals surface area contributed by atoms with E-state index < -0.39 is 11.7 Å². The molecule has 0 radical (unpaired) electrons. The van der Waals surface area contributed by atoms with Gasteiger partial charge in [-0.15, -0.1) is 0 Å². The summed E-state index contributed by atoms with van der Waals surface area (Å²) in [6, 6.07) is 18.0. The fraction of sp³-hybridized carbons (Fsp3) is 0.267. The number of aryl methyl sites for hydroxylation is 2. The van der Waals surface area contributed by atoms with Crippen LogP contribution in [0.2, 0.25) is 0 Å². The van der Waals surface area contributed by atoms with Crippen molar-refractivity contribution in [2.75, 3.05) is 6.54 Å². The first-order valence-electron chi connectivity index (χ1n) is 12.0. The van der Waals surface area contributed by atoms with Crippen molar-refractivity contribution >= 4 is 11.5 Å². The van der Waals surface area contributed by atoms with E-state index in [1.54, 1.807) is 30.5 Å². The molecule has 0 saturated carbocycles. The predicted octanol–water partition coefficient (Wildman–Crippen LogP) is 7.69. The van der Waals surface area contributed by atoms with Gasteiger partial charge in [-0.05, 0) is 79.8 Å². The molecule has 0 aliphatic heterocycles. The van der Waals surface area contributed by atoms with Crippen molar-refractivity contribution in [3.05, 3.63) is 114 Å². The van der Waals surface area contributed by atoms with Gasteiger partial charge in [0.2, 0.25) is 0 Å². The maximum absolute atomic E-state index is 12.2. The third-order valence-electron chi connectivity index (χ3n) is 5.05. The summed E-state index contributed by atoms with van der Waals surface area (Å²) in [5.74, 6) is 0.247. The van der Waals surface area contributed by atoms with Crippen molar-refractivity contribution in [2.45, 2.75) is 46.7 Å². The van der Waals surface area contributed by atoms with Gasteiger partial charge in [0.15, 0.2) is 0 Å². The van der Waals surface area contributed by atoms with Gasteiger partial charge in [-0.1, -0.05) is 56.3 Å². The predicted molar refractivity (Wildman–Crippen MR) is 144 cm³/mol. The number of nitrogens with one attached hydrogen (secondary N) is 1. The molecule has 0 atom stereocenters. The minimum Gasteiger partial charge on any atom is -0.508 e. The molecule has 198 valence electrons. The standard InChI is InChI=1S/C17H19NO2.C11H10F3N.C2H6/c1-13-4-8-15(9-5-13)17(20)18-12-2-3-14-6-10-16(19)11-7-14;1-8(6-9(2)11(12,13)14)10-4-3-5-15-7-10;1-2/h4-11,19H,2-3,12H2,1H3,(H,18,20);3-7H,1H2,2H3;1-2H3/b;9-6+;. The molecule has 3 aromatic rings. The van der Waals surface area contributed by atoms with E-state index in [1.807, 2.05) is 57.2 Å². The molecule has 1 aromatic heterocycles. The van der Waals surface area contributed by atoms with Crippen LogP contribution in [0.5, 0.6) is 5.75 Å². The minimum atomic E-state index is -4.30. The van der Waals surface area contributed by atoms with Crippen molar-refractivity contribution in [3.63, 3.8) is 0 Å². The molecule has 1 amide bonds. The Hall–Kier alpha value is -3.87. The first kappa shape index (κ1) is 31.2. The number of amides is 1. The highest BCUT2D eigenvalue weighted by atomic mass is 19.4. The van der Waals surface area contributed by atoms with E-state index in [-0.39, 0.29) is 11.7 Å². The number of carbonyl (C=O) groups excluding carboxylic acids is 1. The van der Waals surface area contributed by atoms with Gasteiger partial charge in [-0.3, -0.25) is 9.78 Å². The van der Waals surface area contributed by atoms with Crippen LogP contribution in [0.4, 0.5) is 13.2 Å². The second kappa shape index (κ2) is 16.0. The summed E-state index contributed by atoms with van der Waals surface area (Å²) in [6.45, 7) is 11.2. The number of hydrogen-bond acceptors (Lipinski definition) is 3. The zero-order valence-corrected chi connectivity index (χ0v) is 21.8. The van der Waals surface area contributed by atoms with Gasteiger partial charge < -0.3 is 10.4 Å². The van der Waals surface area contributed by atoms with Gasteiger partial charge in [0.05, 0.1) is 0 Å². The molecule has 4 nitrogen and oxygen atoms in total. The fourth-order valence-electron chi connectivity index (χ4n) is 2.94. The number of phenols is 1. The number of allylic oxidation sites excluding steroid dienone is 3. The quantitative estimate of drug-likeness (QED) is 0.252. The zero-order valence-electron chi connectivity index (χ0n) is 21.8. The lowest BCUT2D eigenvalue weighted by atomic mass is 10.1. The summed E-state index contributed by atoms with van der Waals surface area (Å²) in [5, 5.41) is 12.1. The van der Waals surface area contributed by atoms with E-state index in [9.17, 15) is 23.1 Å². The molecule has 0 unspecified atom stereocenters. The molecule has 0 aliphatic carbocycles. The highest BCUT2D eigenvalue weighted by Crippen LogP contribution is 2.27. The van der Waals surface area contributed by atoms with Crippen molar-refractivity contribution in [1.29, 1.82) is 0 Å². The van der Waals surface area contributed by atoms with Gasteiger partial charge >= 0.3 is 6.18 Å². The minimum absolute atomic E-state index is 0.0318. The highest BCUT2D eigenvalue weighted by Gasteiger charge is 2.29. The monoisotopic (exact) mass is 512 g/mol. The summed E-state index contributed by atoms with van der Waals surface area (Å²) < 4.78 is 36.6. The Labute approximate surface area is 217 Å². The van der Waals surface area contributed by atoms with Crippen LogP contribution < -0.4 is 5.32 Å². The van der Waals surface area contributed by atoms with Crippen LogP contribution in [0, 0.1) is 6.92 Å². The van der Waals surface area contributed by atoms with Crippen LogP contribution in [0.1, 0.15) is 54.2 Å². The SMILES string of the molecule is C=C(/C=C(\C)C(F)(F)F)c1cccnc1.CC.Cc1ccc(C(=O)NCCCc2ccc(O)cc2)cc1. The molecule has 0 bridgehead atoms. The number of rotatable bonds is 7. The van der Waals surface area contributed by atoms with Crippen LogP contribution in [-0.4, -0.2) is 28.7 Å². The van der Waals surface area contributed by atoms with Gasteiger partial charge in [0.1, 0.15) is 5.75 Å². The third kappa shape index (κ3) is 12.1. The summed E-state index contributed by atoms with van der Waals surface area (Å²) in [7, 11) is 0. The van der Waals surface area contributed by atoms with Crippen LogP contribution in [-0.2, 0) is 6.42 Å². The van der Waals surface area contributed by atoms with Crippen LogP contribution in [0.15, 0.2) is 91.3 Å². The first-order valence-corrected chi connectivity index (χ1v) is 12.0. The summed E-state index contributed by atoms with van der Waals surface area (Å²) >= 11 is 0. The summed E-state index contributed by atoms with van der Waals surface area (Å²) in [6.07, 6.45) is 1.50. The third-order valence-corrected chi connectivity index (χ3v) is 5.05. The number of phenolic OH excluding ortho intramolecular Hbond substituents is 1. The number of carbonyl (C=O) groups is 1. The smallest absolute Gasteiger partial charge is 0.412 e. The van der Waals surface area contributed by atoms with Gasteiger partial charge in [0, 0.05) is 30.1 Å². The van der Waals surface area contributed by atoms with Gasteiger partial charge in [0.25, 0.3) is 5.91 Å². The van der Waals surface area contributed by atoms with Crippen molar-refractivity contribution < 1.29 is 23.1 Å². The van der Waals surface area contributed by atoms with E-state index in [1.165, 1.54) is 6.20 Å². The molecule has 0 spiro atoms. The Kier molecular flexibility index (Phi) is 13.5. The Morgan fingerprint density at radius 2 is 1.65 bits per heavy atom. The van der Waals surface area contributed by atoms with E-state index in [0.29, 0.717) is 23.2 Å². The largest absolute Gasteiger partial charge is 0.508 e. The zero-order chi connectivity index (χ0) is 27.8. The van der Waals surface area contributed by atoms with Crippen LogP contribution in [0.3, 0.4) is 0 Å². The lowest BCUT2D eigenvalue weighted by Crippen LogP contribution is -2.24. The number of halogens is 3. The molecule has 7 heteroatoms. The topological polar surface area (TPSA) is 62.2 Å². The second-order valence-corrected chi connectivity index (χ2v) is 7.98. The molecule has 3 rings (SSSR count). The molecule has 37 heavy (non-hydrogen) atoms. The van der Waals surface area contributed by atoms with E-state index in [2.05, 4.69) is 16.9 Å². The Morgan fingerprint density at radius 1 is 1.03 bits per heavy atom. The van der Waals surface area contributed by atoms with Gasteiger partial charge in [-0.2, -0.15) is 13.2 Å². The number of benzene rings is 2. The number of aromatic nitrogens is 1. The van der Waals surface area contributed by atoms with Crippen LogP contribution >= 0.6 is 0 Å². The maximum Gasteiger partial charge on any atom is 0.412 e. The molecule has 0 saturated heterocycles. The molecular formula is C30H35F3N2O2. The molecule has 2 N–H and O–H groups in total. The average molecular weight is 513 g/mol. The number of alkyl halides is 3. The Morgan fingerprint density at radius 3 is 2.19 bits per heavy atom. The van der Waals surface area contributed by atoms with Crippen molar-refractivity contribution in [2.24, 2.45) is 0 Å². The highest BCUT2D eigenvalue weighted by molar-refractivity contribution is 5.94. The second-order valence-electron chi connectivity index (χ2n) is 7.98. The Bertz CT molecular complexity index is 1120. The maximum atomic E-state index is 12.2. The first-order chi connectivity index (χ1) is 17.6. The lowest BCUT2D eigenvalue weighted by molar-refractivity contribution is -0.0912. The summed E-state index contributed by atoms with van der Waals surface area (Å²) in [4.78, 5) is 15.7. The summed E-state index contributed by atoms with van der Waals surface area (Å²) in [5.41, 5.74) is 3.22. The lowest BCUT2D eigenvalue weighted by Gasteiger charge is -2.07. The van der Waals surface area contributed by atoms with E-state index >= 15 is 0 Å². The number of pyridine rings is 1. The fourth-order valence-corrected chi connectivity index (χ4v) is 2.94. The van der Waals surface area contributed by atoms with Crippen LogP contribution in [0.25, 0.3) is 5.57 Å². The van der Waals surface area contributed by atoms with E-state index in [4.69, 9.17) is 0 Å². The molecule has 1 heterocycles. The number of hydrogen-bond donors (Lipinski definition) is 2. The molecule has 0 aliphatic rings. The average Bonchev–Trinajstić information content (AvgIpc) is 2.89. The number of nitrogens with zero attached hydrogens (tertiary/aromatic N) is 1. The van der Waals surface area contributed by atoms with Crippen molar-refractivity contribution in [1.82, 2.24) is 10.3 Å². The van der Waals surface area contributed by atoms with Crippen molar-refractivity contribution in [3.8, 4) is 5.75 Å². The molecular weight excluding hydrogens is 477 g/mol.